The molecule has 9 heteroatoms. The fraction of sp³-hybridized carbons (Fsp3) is 0.348. The van der Waals surface area contributed by atoms with Gasteiger partial charge in [-0.15, -0.1) is 0 Å². The first kappa shape index (κ1) is 24.9. The van der Waals surface area contributed by atoms with Crippen LogP contribution in [0.2, 0.25) is 0 Å². The van der Waals surface area contributed by atoms with Crippen molar-refractivity contribution in [3.8, 4) is 10.8 Å². The largest absolute Gasteiger partial charge is 0.507 e. The second-order valence-electron chi connectivity index (χ2n) is 6.96. The SMILES string of the molecule is CCOc1ccc(C=C(C)C(=O)c2c(O)cc(C(C)CC/C=C/NC(=O)OC)oc2=O)s1. The molecule has 172 valence electrons. The van der Waals surface area contributed by atoms with E-state index in [1.54, 1.807) is 25.1 Å². The molecule has 0 aromatic carbocycles. The molecular weight excluding hydrogens is 434 g/mol. The summed E-state index contributed by atoms with van der Waals surface area (Å²) in [5.74, 6) is -0.927. The van der Waals surface area contributed by atoms with E-state index in [2.05, 4.69) is 10.1 Å². The average Bonchev–Trinajstić information content (AvgIpc) is 3.19. The number of carbonyl (C=O) groups is 2. The Bertz CT molecular complexity index is 1060. The van der Waals surface area contributed by atoms with Gasteiger partial charge in [0, 0.05) is 23.1 Å². The molecule has 0 aliphatic heterocycles. The van der Waals surface area contributed by atoms with E-state index in [-0.39, 0.29) is 11.7 Å². The molecule has 0 fully saturated rings. The summed E-state index contributed by atoms with van der Waals surface area (Å²) in [6, 6.07) is 4.93. The number of allylic oxidation sites excluding steroid dienone is 2. The number of thiophene rings is 1. The van der Waals surface area contributed by atoms with Crippen LogP contribution in [0.5, 0.6) is 10.8 Å². The number of rotatable bonds is 10. The Morgan fingerprint density at radius 1 is 1.34 bits per heavy atom. The second-order valence-corrected chi connectivity index (χ2v) is 8.04. The van der Waals surface area contributed by atoms with Crippen LogP contribution in [0, 0.1) is 0 Å². The fourth-order valence-corrected chi connectivity index (χ4v) is 3.73. The van der Waals surface area contributed by atoms with Crippen molar-refractivity contribution in [3.63, 3.8) is 0 Å². The van der Waals surface area contributed by atoms with E-state index < -0.39 is 28.8 Å². The third-order valence-electron chi connectivity index (χ3n) is 4.54. The van der Waals surface area contributed by atoms with Gasteiger partial charge in [0.1, 0.15) is 17.1 Å². The zero-order chi connectivity index (χ0) is 23.7. The van der Waals surface area contributed by atoms with E-state index >= 15 is 0 Å². The quantitative estimate of drug-likeness (QED) is 0.384. The van der Waals surface area contributed by atoms with Crippen LogP contribution in [0.25, 0.3) is 6.08 Å². The third-order valence-corrected chi connectivity index (χ3v) is 5.48. The normalized spacial score (nSPS) is 12.6. The highest BCUT2D eigenvalue weighted by Crippen LogP contribution is 2.28. The smallest absolute Gasteiger partial charge is 0.410 e. The molecule has 2 N–H and O–H groups in total. The number of ether oxygens (including phenoxy) is 2. The number of aromatic hydroxyl groups is 1. The van der Waals surface area contributed by atoms with E-state index in [0.29, 0.717) is 25.0 Å². The van der Waals surface area contributed by atoms with Crippen molar-refractivity contribution >= 4 is 29.3 Å². The van der Waals surface area contributed by atoms with Crippen molar-refractivity contribution < 1.29 is 28.6 Å². The molecule has 0 radical (unpaired) electrons. The first-order chi connectivity index (χ1) is 15.3. The van der Waals surface area contributed by atoms with Crippen LogP contribution in [0.1, 0.15) is 60.5 Å². The van der Waals surface area contributed by atoms with E-state index in [9.17, 15) is 19.5 Å². The summed E-state index contributed by atoms with van der Waals surface area (Å²) in [4.78, 5) is 37.0. The van der Waals surface area contributed by atoms with Gasteiger partial charge in [0.2, 0.25) is 0 Å². The molecule has 2 rings (SSSR count). The molecule has 0 saturated heterocycles. The Balaban J connectivity index is 2.10. The van der Waals surface area contributed by atoms with Gasteiger partial charge in [-0.2, -0.15) is 0 Å². The van der Waals surface area contributed by atoms with Gasteiger partial charge < -0.3 is 19.0 Å². The van der Waals surface area contributed by atoms with Crippen molar-refractivity contribution in [2.24, 2.45) is 0 Å². The van der Waals surface area contributed by atoms with Gasteiger partial charge in [-0.25, -0.2) is 9.59 Å². The molecule has 0 spiro atoms. The number of methoxy groups -OCH3 is 1. The van der Waals surface area contributed by atoms with Gasteiger partial charge in [0.05, 0.1) is 13.7 Å². The van der Waals surface area contributed by atoms with Crippen LogP contribution in [0.15, 0.2) is 45.3 Å². The molecule has 1 amide bonds. The monoisotopic (exact) mass is 461 g/mol. The van der Waals surface area contributed by atoms with E-state index in [4.69, 9.17) is 9.15 Å². The van der Waals surface area contributed by atoms with Gasteiger partial charge in [-0.05, 0) is 50.5 Å². The van der Waals surface area contributed by atoms with Gasteiger partial charge in [0.15, 0.2) is 10.8 Å². The van der Waals surface area contributed by atoms with Gasteiger partial charge >= 0.3 is 11.7 Å². The molecule has 0 saturated carbocycles. The number of carbonyl (C=O) groups excluding carboxylic acids is 2. The first-order valence-electron chi connectivity index (χ1n) is 10.1. The van der Waals surface area contributed by atoms with Crippen LogP contribution < -0.4 is 15.7 Å². The molecule has 2 aromatic rings. The molecule has 0 bridgehead atoms. The molecular formula is C23H27NO7S. The van der Waals surface area contributed by atoms with Crippen molar-refractivity contribution in [3.05, 3.63) is 62.7 Å². The maximum atomic E-state index is 12.8. The van der Waals surface area contributed by atoms with Crippen LogP contribution in [0.4, 0.5) is 4.79 Å². The number of Topliss-reactive ketones (excluding diaryl/α,β-unsaturated/α-hetero) is 1. The molecule has 2 aromatic heterocycles. The van der Waals surface area contributed by atoms with Crippen LogP contribution in [-0.2, 0) is 4.74 Å². The average molecular weight is 462 g/mol. The van der Waals surface area contributed by atoms with Crippen molar-refractivity contribution in [1.29, 1.82) is 0 Å². The van der Waals surface area contributed by atoms with E-state index in [1.807, 2.05) is 19.9 Å². The summed E-state index contributed by atoms with van der Waals surface area (Å²) in [5.41, 5.74) is -0.978. The molecule has 2 heterocycles. The number of ketones is 1. The highest BCUT2D eigenvalue weighted by atomic mass is 32.1. The van der Waals surface area contributed by atoms with Gasteiger partial charge in [0.25, 0.3) is 0 Å². The molecule has 0 aliphatic rings. The highest BCUT2D eigenvalue weighted by molar-refractivity contribution is 7.14. The Morgan fingerprint density at radius 3 is 2.75 bits per heavy atom. The topological polar surface area (TPSA) is 115 Å². The maximum Gasteiger partial charge on any atom is 0.410 e. The lowest BCUT2D eigenvalue weighted by atomic mass is 10.00. The lowest BCUT2D eigenvalue weighted by Crippen LogP contribution is -2.16. The first-order valence-corrected chi connectivity index (χ1v) is 10.9. The van der Waals surface area contributed by atoms with Crippen LogP contribution in [0.3, 0.4) is 0 Å². The maximum absolute atomic E-state index is 12.8. The summed E-state index contributed by atoms with van der Waals surface area (Å²) in [6.07, 6.45) is 5.45. The Hall–Kier alpha value is -3.33. The molecule has 8 nitrogen and oxygen atoms in total. The van der Waals surface area contributed by atoms with Gasteiger partial charge in [-0.3, -0.25) is 10.1 Å². The third kappa shape index (κ3) is 6.84. The molecule has 1 atom stereocenters. The molecule has 1 unspecified atom stereocenters. The summed E-state index contributed by atoms with van der Waals surface area (Å²) in [7, 11) is 1.27. The summed E-state index contributed by atoms with van der Waals surface area (Å²) in [6.45, 7) is 5.84. The molecule has 32 heavy (non-hydrogen) atoms. The number of nitrogens with one attached hydrogen (secondary N) is 1. The second kappa shape index (κ2) is 11.9. The predicted octanol–water partition coefficient (Wildman–Crippen LogP) is 4.85. The fourth-order valence-electron chi connectivity index (χ4n) is 2.82. The number of hydrogen-bond donors (Lipinski definition) is 2. The van der Waals surface area contributed by atoms with E-state index in [1.165, 1.54) is 30.7 Å². The van der Waals surface area contributed by atoms with Crippen molar-refractivity contribution in [1.82, 2.24) is 5.32 Å². The minimum Gasteiger partial charge on any atom is -0.507 e. The Labute approximate surface area is 190 Å². The Kier molecular flexibility index (Phi) is 9.27. The summed E-state index contributed by atoms with van der Waals surface area (Å²) < 4.78 is 15.2. The molecule has 0 aliphatic carbocycles. The van der Waals surface area contributed by atoms with Crippen LogP contribution >= 0.6 is 11.3 Å². The summed E-state index contributed by atoms with van der Waals surface area (Å²) >= 11 is 1.38. The zero-order valence-corrected chi connectivity index (χ0v) is 19.3. The zero-order valence-electron chi connectivity index (χ0n) is 18.5. The van der Waals surface area contributed by atoms with Gasteiger partial charge in [-0.1, -0.05) is 24.3 Å². The number of alkyl carbamates (subject to hydrolysis) is 1. The minimum atomic E-state index is -0.881. The van der Waals surface area contributed by atoms with Crippen LogP contribution in [-0.4, -0.2) is 30.7 Å². The number of amides is 1. The van der Waals surface area contributed by atoms with Crippen molar-refractivity contribution in [2.75, 3.05) is 13.7 Å². The predicted molar refractivity (Wildman–Crippen MR) is 122 cm³/mol. The van der Waals surface area contributed by atoms with E-state index in [0.717, 1.165) is 9.94 Å². The minimum absolute atomic E-state index is 0.194. The van der Waals surface area contributed by atoms with Crippen molar-refractivity contribution in [2.45, 2.75) is 39.5 Å². The standard InChI is InChI=1S/C23H27NO7S/c1-5-30-19-10-9-16(32-19)12-15(3)21(26)20-17(25)13-18(31-22(20)27)14(2)8-6-7-11-24-23(28)29-4/h7,9-14,25H,5-6,8H2,1-4H3,(H,24,28)/b11-7+,15-12?. The lowest BCUT2D eigenvalue weighted by molar-refractivity contribution is 0.102. The lowest BCUT2D eigenvalue weighted by Gasteiger charge is -2.11. The summed E-state index contributed by atoms with van der Waals surface area (Å²) in [5, 5.41) is 13.5. The Morgan fingerprint density at radius 2 is 2.09 bits per heavy atom. The highest BCUT2D eigenvalue weighted by Gasteiger charge is 2.22. The number of hydrogen-bond acceptors (Lipinski definition) is 8.